The van der Waals surface area contributed by atoms with Gasteiger partial charge in [0.25, 0.3) is 0 Å². The Morgan fingerprint density at radius 3 is 2.68 bits per heavy atom. The minimum atomic E-state index is -1.09. The minimum absolute atomic E-state index is 0.0121. The number of imidazole rings is 1. The van der Waals surface area contributed by atoms with Gasteiger partial charge >= 0.3 is 5.97 Å². The Morgan fingerprint density at radius 2 is 2.00 bits per heavy atom. The number of carboxylic acids is 1. The van der Waals surface area contributed by atoms with E-state index in [1.807, 2.05) is 26.0 Å². The number of aromatic carboxylic acids is 1. The van der Waals surface area contributed by atoms with Crippen molar-refractivity contribution in [2.75, 3.05) is 23.3 Å². The van der Waals surface area contributed by atoms with Crippen molar-refractivity contribution in [3.05, 3.63) is 51.6 Å². The number of hydrogen-bond acceptors (Lipinski definition) is 6. The molecule has 2 aromatic heterocycles. The van der Waals surface area contributed by atoms with Crippen LogP contribution in [0.4, 0.5) is 11.7 Å². The number of aromatic amines is 1. The number of nitrogens with one attached hydrogen (secondary N) is 2. The molecule has 0 unspecified atom stereocenters. The fraction of sp³-hybridized carbons (Fsp3) is 0.435. The normalized spacial score (nSPS) is 17.0. The number of aromatic nitrogens is 2. The number of fused-ring (bicyclic) bond motifs is 1. The SMILES string of the molecule is Cc1cc([C@@H](C)Nc2nc[nH]c2C(=O)O)c2oc(N3CCC(C)(C)CC3)cc(=O)c2c1. The molecule has 0 bridgehead atoms. The number of carbonyl (C=O) groups is 1. The number of rotatable bonds is 5. The summed E-state index contributed by atoms with van der Waals surface area (Å²) in [4.78, 5) is 33.2. The van der Waals surface area contributed by atoms with E-state index < -0.39 is 5.97 Å². The molecule has 0 radical (unpaired) electrons. The van der Waals surface area contributed by atoms with Gasteiger partial charge in [-0.05, 0) is 43.7 Å². The maximum atomic E-state index is 13.0. The van der Waals surface area contributed by atoms with Crippen LogP contribution in [0.25, 0.3) is 11.0 Å². The van der Waals surface area contributed by atoms with Gasteiger partial charge in [-0.3, -0.25) is 4.79 Å². The first kappa shape index (κ1) is 21.0. The van der Waals surface area contributed by atoms with Crippen molar-refractivity contribution in [2.24, 2.45) is 5.41 Å². The predicted molar refractivity (Wildman–Crippen MR) is 120 cm³/mol. The summed E-state index contributed by atoms with van der Waals surface area (Å²) in [5.41, 5.74) is 2.43. The van der Waals surface area contributed by atoms with Crippen molar-refractivity contribution in [3.8, 4) is 0 Å². The van der Waals surface area contributed by atoms with Gasteiger partial charge in [0.15, 0.2) is 22.8 Å². The molecule has 4 rings (SSSR count). The third kappa shape index (κ3) is 4.15. The van der Waals surface area contributed by atoms with E-state index in [1.54, 1.807) is 6.07 Å². The third-order valence-corrected chi connectivity index (χ3v) is 6.09. The van der Waals surface area contributed by atoms with Crippen LogP contribution in [0.15, 0.2) is 33.7 Å². The Balaban J connectivity index is 1.74. The van der Waals surface area contributed by atoms with Gasteiger partial charge in [-0.1, -0.05) is 19.9 Å². The number of nitrogens with zero attached hydrogens (tertiary/aromatic N) is 2. The molecule has 1 aliphatic rings. The van der Waals surface area contributed by atoms with E-state index in [1.165, 1.54) is 6.33 Å². The van der Waals surface area contributed by atoms with Crippen LogP contribution in [0.1, 0.15) is 61.3 Å². The van der Waals surface area contributed by atoms with Gasteiger partial charge in [-0.15, -0.1) is 0 Å². The zero-order valence-electron chi connectivity index (χ0n) is 18.3. The lowest BCUT2D eigenvalue weighted by Crippen LogP contribution is -2.37. The maximum absolute atomic E-state index is 13.0. The summed E-state index contributed by atoms with van der Waals surface area (Å²) in [5.74, 6) is -0.272. The highest BCUT2D eigenvalue weighted by Gasteiger charge is 2.27. The molecule has 1 fully saturated rings. The summed E-state index contributed by atoms with van der Waals surface area (Å²) < 4.78 is 6.30. The molecule has 0 amide bonds. The van der Waals surface area contributed by atoms with Crippen molar-refractivity contribution in [3.63, 3.8) is 0 Å². The number of piperidine rings is 1. The lowest BCUT2D eigenvalue weighted by molar-refractivity contribution is 0.0692. The van der Waals surface area contributed by atoms with E-state index in [-0.39, 0.29) is 23.0 Å². The maximum Gasteiger partial charge on any atom is 0.356 e. The van der Waals surface area contributed by atoms with Gasteiger partial charge in [0.1, 0.15) is 5.58 Å². The quantitative estimate of drug-likeness (QED) is 0.559. The van der Waals surface area contributed by atoms with E-state index in [0.717, 1.165) is 37.1 Å². The molecule has 0 spiro atoms. The first-order valence-corrected chi connectivity index (χ1v) is 10.5. The fourth-order valence-electron chi connectivity index (χ4n) is 4.08. The van der Waals surface area contributed by atoms with Crippen LogP contribution >= 0.6 is 0 Å². The third-order valence-electron chi connectivity index (χ3n) is 6.09. The topological polar surface area (TPSA) is 111 Å². The van der Waals surface area contributed by atoms with E-state index >= 15 is 0 Å². The molecule has 164 valence electrons. The minimum Gasteiger partial charge on any atom is -0.476 e. The molecule has 0 saturated carbocycles. The summed E-state index contributed by atoms with van der Waals surface area (Å²) in [6.45, 7) is 10.0. The van der Waals surface area contributed by atoms with Gasteiger partial charge in [0.05, 0.1) is 17.8 Å². The number of benzene rings is 1. The average molecular weight is 425 g/mol. The van der Waals surface area contributed by atoms with Crippen molar-refractivity contribution in [1.29, 1.82) is 0 Å². The average Bonchev–Trinajstić information content (AvgIpc) is 3.16. The molecule has 3 N–H and O–H groups in total. The van der Waals surface area contributed by atoms with Gasteiger partial charge in [-0.2, -0.15) is 0 Å². The second-order valence-electron chi connectivity index (χ2n) is 9.13. The monoisotopic (exact) mass is 424 g/mol. The Kier molecular flexibility index (Phi) is 5.24. The van der Waals surface area contributed by atoms with Crippen molar-refractivity contribution >= 4 is 28.6 Å². The van der Waals surface area contributed by atoms with Crippen molar-refractivity contribution in [2.45, 2.75) is 46.6 Å². The van der Waals surface area contributed by atoms with Gasteiger partial charge in [0, 0.05) is 24.7 Å². The summed E-state index contributed by atoms with van der Waals surface area (Å²) in [7, 11) is 0. The van der Waals surface area contributed by atoms with Crippen LogP contribution < -0.4 is 15.6 Å². The van der Waals surface area contributed by atoms with Gasteiger partial charge in [-0.25, -0.2) is 9.78 Å². The van der Waals surface area contributed by atoms with Gasteiger partial charge < -0.3 is 24.7 Å². The Labute approximate surface area is 180 Å². The highest BCUT2D eigenvalue weighted by Crippen LogP contribution is 2.34. The van der Waals surface area contributed by atoms with Crippen LogP contribution in [-0.4, -0.2) is 34.1 Å². The van der Waals surface area contributed by atoms with Crippen LogP contribution in [0.5, 0.6) is 0 Å². The molecule has 3 aromatic rings. The highest BCUT2D eigenvalue weighted by molar-refractivity contribution is 5.91. The first-order chi connectivity index (χ1) is 14.6. The summed E-state index contributed by atoms with van der Waals surface area (Å²) >= 11 is 0. The fourth-order valence-corrected chi connectivity index (χ4v) is 4.08. The second kappa shape index (κ2) is 7.76. The number of aryl methyl sites for hydroxylation is 1. The van der Waals surface area contributed by atoms with Crippen LogP contribution in [-0.2, 0) is 0 Å². The van der Waals surface area contributed by atoms with Crippen LogP contribution in [0.3, 0.4) is 0 Å². The van der Waals surface area contributed by atoms with E-state index in [2.05, 4.69) is 34.0 Å². The molecular weight excluding hydrogens is 396 g/mol. The van der Waals surface area contributed by atoms with Gasteiger partial charge in [0.2, 0.25) is 0 Å². The largest absolute Gasteiger partial charge is 0.476 e. The summed E-state index contributed by atoms with van der Waals surface area (Å²) in [6, 6.07) is 5.04. The standard InChI is InChI=1S/C23H28N4O4/c1-13-9-15(14(2)26-21-19(22(29)30)24-12-25-21)20-16(10-13)17(28)11-18(31-20)27-7-5-23(3,4)6-8-27/h9-12,14,26H,5-8H2,1-4H3,(H,24,25)(H,29,30)/t14-/m1/s1. The van der Waals surface area contributed by atoms with Crippen molar-refractivity contribution < 1.29 is 14.3 Å². The van der Waals surface area contributed by atoms with E-state index in [9.17, 15) is 14.7 Å². The Morgan fingerprint density at radius 1 is 1.29 bits per heavy atom. The van der Waals surface area contributed by atoms with Crippen LogP contribution in [0, 0.1) is 12.3 Å². The number of carboxylic acid groups (broad SMARTS) is 1. The highest BCUT2D eigenvalue weighted by atomic mass is 16.4. The molecule has 1 saturated heterocycles. The molecule has 31 heavy (non-hydrogen) atoms. The van der Waals surface area contributed by atoms with E-state index in [0.29, 0.717) is 22.3 Å². The summed E-state index contributed by atoms with van der Waals surface area (Å²) in [5, 5.41) is 13.0. The Hall–Kier alpha value is -3.29. The van der Waals surface area contributed by atoms with Crippen LogP contribution in [0.2, 0.25) is 0 Å². The molecule has 8 nitrogen and oxygen atoms in total. The molecule has 1 aliphatic heterocycles. The second-order valence-corrected chi connectivity index (χ2v) is 9.13. The predicted octanol–water partition coefficient (Wildman–Crippen LogP) is 4.32. The zero-order valence-corrected chi connectivity index (χ0v) is 18.3. The van der Waals surface area contributed by atoms with E-state index in [4.69, 9.17) is 4.42 Å². The number of anilines is 2. The lowest BCUT2D eigenvalue weighted by Gasteiger charge is -2.37. The zero-order chi connectivity index (χ0) is 22.3. The Bertz CT molecular complexity index is 1180. The number of hydrogen-bond donors (Lipinski definition) is 3. The lowest BCUT2D eigenvalue weighted by atomic mass is 9.83. The molecule has 0 aliphatic carbocycles. The molecular formula is C23H28N4O4. The molecule has 3 heterocycles. The van der Waals surface area contributed by atoms with Crippen molar-refractivity contribution in [1.82, 2.24) is 9.97 Å². The molecule has 1 atom stereocenters. The summed E-state index contributed by atoms with van der Waals surface area (Å²) in [6.07, 6.45) is 3.40. The molecule has 1 aromatic carbocycles. The smallest absolute Gasteiger partial charge is 0.356 e. The first-order valence-electron chi connectivity index (χ1n) is 10.5. The molecule has 8 heteroatoms. The number of H-pyrrole nitrogens is 1.